The fourth-order valence-corrected chi connectivity index (χ4v) is 2.37. The highest BCUT2D eigenvalue weighted by Gasteiger charge is 2.26. The largest absolute Gasteiger partial charge is 0.383 e. The van der Waals surface area contributed by atoms with Crippen LogP contribution in [0.5, 0.6) is 0 Å². The molecule has 0 radical (unpaired) electrons. The highest BCUT2D eigenvalue weighted by atomic mass is 32.1. The van der Waals surface area contributed by atoms with E-state index >= 15 is 0 Å². The zero-order valence-electron chi connectivity index (χ0n) is 7.53. The molecular weight excluding hydrogens is 196 g/mol. The summed E-state index contributed by atoms with van der Waals surface area (Å²) in [6.07, 6.45) is 4.29. The zero-order chi connectivity index (χ0) is 9.54. The summed E-state index contributed by atoms with van der Waals surface area (Å²) in [5.41, 5.74) is 7.85. The first-order valence-corrected chi connectivity index (χ1v) is 5.47. The molecule has 0 bridgehead atoms. The zero-order valence-corrected chi connectivity index (χ0v) is 8.34. The van der Waals surface area contributed by atoms with Crippen molar-refractivity contribution in [2.75, 3.05) is 5.73 Å². The van der Waals surface area contributed by atoms with Crippen molar-refractivity contribution >= 4 is 17.2 Å². The topological polar surface area (TPSA) is 67.6 Å². The van der Waals surface area contributed by atoms with Gasteiger partial charge >= 0.3 is 0 Å². The smallest absolute Gasteiger partial charge is 0.129 e. The molecule has 0 spiro atoms. The Morgan fingerprint density at radius 1 is 1.50 bits per heavy atom. The van der Waals surface area contributed by atoms with Crippen LogP contribution >= 0.6 is 11.3 Å². The first-order valence-electron chi connectivity index (χ1n) is 4.59. The van der Waals surface area contributed by atoms with Gasteiger partial charge in [0.25, 0.3) is 0 Å². The number of hydrogen-bond acceptors (Lipinski definition) is 4. The number of H-pyrrole nitrogens is 1. The van der Waals surface area contributed by atoms with E-state index in [-0.39, 0.29) is 0 Å². The van der Waals surface area contributed by atoms with Gasteiger partial charge < -0.3 is 5.73 Å². The lowest BCUT2D eigenvalue weighted by atomic mass is 10.3. The molecule has 0 amide bonds. The summed E-state index contributed by atoms with van der Waals surface area (Å²) in [7, 11) is 0. The standard InChI is InChI=1S/C9H10N4S/c10-8-6(3-11-13-8)9-12-7(4-14-9)5-1-2-5/h3-5H,1-2H2,(H3,10,11,13). The van der Waals surface area contributed by atoms with Crippen LogP contribution in [0.3, 0.4) is 0 Å². The second-order valence-corrected chi connectivity index (χ2v) is 4.41. The molecule has 1 fully saturated rings. The molecule has 3 N–H and O–H groups in total. The molecule has 0 saturated heterocycles. The van der Waals surface area contributed by atoms with Crippen LogP contribution in [0.25, 0.3) is 10.6 Å². The van der Waals surface area contributed by atoms with E-state index in [4.69, 9.17) is 5.73 Å². The Morgan fingerprint density at radius 3 is 3.00 bits per heavy atom. The van der Waals surface area contributed by atoms with Crippen molar-refractivity contribution in [1.82, 2.24) is 15.2 Å². The fourth-order valence-electron chi connectivity index (χ4n) is 1.44. The van der Waals surface area contributed by atoms with Crippen molar-refractivity contribution in [1.29, 1.82) is 0 Å². The van der Waals surface area contributed by atoms with Gasteiger partial charge in [0.15, 0.2) is 0 Å². The summed E-state index contributed by atoms with van der Waals surface area (Å²) >= 11 is 1.64. The van der Waals surface area contributed by atoms with E-state index < -0.39 is 0 Å². The Hall–Kier alpha value is -1.36. The second kappa shape index (κ2) is 2.81. The predicted octanol–water partition coefficient (Wildman–Crippen LogP) is 1.99. The lowest BCUT2D eigenvalue weighted by Gasteiger charge is -1.91. The van der Waals surface area contributed by atoms with Crippen LogP contribution in [0.4, 0.5) is 5.82 Å². The van der Waals surface area contributed by atoms with Crippen LogP contribution in [0.2, 0.25) is 0 Å². The third-order valence-electron chi connectivity index (χ3n) is 2.42. The lowest BCUT2D eigenvalue weighted by Crippen LogP contribution is -1.87. The molecule has 2 aromatic heterocycles. The molecule has 1 aliphatic rings. The Bertz CT molecular complexity index is 455. The van der Waals surface area contributed by atoms with Gasteiger partial charge in [0, 0.05) is 11.3 Å². The van der Waals surface area contributed by atoms with Crippen molar-refractivity contribution < 1.29 is 0 Å². The summed E-state index contributed by atoms with van der Waals surface area (Å²) in [5.74, 6) is 1.30. The van der Waals surface area contributed by atoms with Gasteiger partial charge in [-0.2, -0.15) is 5.10 Å². The number of nitrogen functional groups attached to an aromatic ring is 1. The van der Waals surface area contributed by atoms with Gasteiger partial charge in [-0.05, 0) is 12.8 Å². The molecule has 1 aliphatic carbocycles. The number of aromatic nitrogens is 3. The van der Waals surface area contributed by atoms with Gasteiger partial charge in [-0.1, -0.05) is 0 Å². The van der Waals surface area contributed by atoms with Crippen molar-refractivity contribution in [2.45, 2.75) is 18.8 Å². The molecule has 2 heterocycles. The molecule has 2 aromatic rings. The molecule has 3 rings (SSSR count). The summed E-state index contributed by atoms with van der Waals surface area (Å²) in [6, 6.07) is 0. The van der Waals surface area contributed by atoms with E-state index in [9.17, 15) is 0 Å². The Balaban J connectivity index is 1.99. The van der Waals surface area contributed by atoms with E-state index in [1.54, 1.807) is 17.5 Å². The maximum absolute atomic E-state index is 5.72. The SMILES string of the molecule is Nc1[nH]ncc1-c1nc(C2CC2)cs1. The maximum Gasteiger partial charge on any atom is 0.129 e. The normalized spacial score (nSPS) is 16.0. The Morgan fingerprint density at radius 2 is 2.36 bits per heavy atom. The fraction of sp³-hybridized carbons (Fsp3) is 0.333. The van der Waals surface area contributed by atoms with E-state index in [0.717, 1.165) is 10.6 Å². The highest BCUT2D eigenvalue weighted by molar-refractivity contribution is 7.13. The molecular formula is C9H10N4S. The van der Waals surface area contributed by atoms with E-state index in [2.05, 4.69) is 20.6 Å². The van der Waals surface area contributed by atoms with Crippen molar-refractivity contribution in [2.24, 2.45) is 0 Å². The summed E-state index contributed by atoms with van der Waals surface area (Å²) in [5, 5.41) is 9.70. The van der Waals surface area contributed by atoms with Crippen LogP contribution in [-0.2, 0) is 0 Å². The highest BCUT2D eigenvalue weighted by Crippen LogP contribution is 2.41. The lowest BCUT2D eigenvalue weighted by molar-refractivity contribution is 1.05. The predicted molar refractivity (Wildman–Crippen MR) is 56.1 cm³/mol. The summed E-state index contributed by atoms with van der Waals surface area (Å²) in [6.45, 7) is 0. The maximum atomic E-state index is 5.72. The third-order valence-corrected chi connectivity index (χ3v) is 3.31. The van der Waals surface area contributed by atoms with Gasteiger partial charge in [-0.25, -0.2) is 4.98 Å². The quantitative estimate of drug-likeness (QED) is 0.789. The van der Waals surface area contributed by atoms with Gasteiger partial charge in [-0.15, -0.1) is 11.3 Å². The summed E-state index contributed by atoms with van der Waals surface area (Å²) < 4.78 is 0. The first-order chi connectivity index (χ1) is 6.84. The molecule has 72 valence electrons. The van der Waals surface area contributed by atoms with Crippen molar-refractivity contribution in [3.05, 3.63) is 17.3 Å². The Labute approximate surface area is 85.2 Å². The number of rotatable bonds is 2. The third kappa shape index (κ3) is 1.21. The summed E-state index contributed by atoms with van der Waals surface area (Å²) in [4.78, 5) is 4.55. The minimum absolute atomic E-state index is 0.599. The van der Waals surface area contributed by atoms with E-state index in [0.29, 0.717) is 11.7 Å². The molecule has 14 heavy (non-hydrogen) atoms. The van der Waals surface area contributed by atoms with Crippen LogP contribution in [0, 0.1) is 0 Å². The minimum atomic E-state index is 0.599. The van der Waals surface area contributed by atoms with E-state index in [1.165, 1.54) is 18.5 Å². The number of thiazole rings is 1. The van der Waals surface area contributed by atoms with Crippen LogP contribution in [0.1, 0.15) is 24.5 Å². The number of aromatic amines is 1. The molecule has 0 aliphatic heterocycles. The average Bonchev–Trinajstić information content (AvgIpc) is 2.75. The molecule has 5 heteroatoms. The Kier molecular flexibility index (Phi) is 1.61. The van der Waals surface area contributed by atoms with Crippen LogP contribution in [0.15, 0.2) is 11.6 Å². The minimum Gasteiger partial charge on any atom is -0.383 e. The molecule has 0 aromatic carbocycles. The molecule has 0 unspecified atom stereocenters. The van der Waals surface area contributed by atoms with Crippen LogP contribution < -0.4 is 5.73 Å². The number of hydrogen-bond donors (Lipinski definition) is 2. The van der Waals surface area contributed by atoms with Crippen molar-refractivity contribution in [3.8, 4) is 10.6 Å². The number of nitrogens with zero attached hydrogens (tertiary/aromatic N) is 2. The number of anilines is 1. The van der Waals surface area contributed by atoms with Crippen LogP contribution in [-0.4, -0.2) is 15.2 Å². The average molecular weight is 206 g/mol. The second-order valence-electron chi connectivity index (χ2n) is 3.55. The van der Waals surface area contributed by atoms with Crippen molar-refractivity contribution in [3.63, 3.8) is 0 Å². The van der Waals surface area contributed by atoms with Gasteiger partial charge in [-0.3, -0.25) is 5.10 Å². The van der Waals surface area contributed by atoms with E-state index in [1.807, 2.05) is 0 Å². The number of nitrogens with one attached hydrogen (secondary N) is 1. The molecule has 0 atom stereocenters. The molecule has 1 saturated carbocycles. The first kappa shape index (κ1) is 7.99. The number of nitrogens with two attached hydrogens (primary N) is 1. The molecule has 4 nitrogen and oxygen atoms in total. The van der Waals surface area contributed by atoms with Gasteiger partial charge in [0.05, 0.1) is 17.5 Å². The van der Waals surface area contributed by atoms with Gasteiger partial charge in [0.1, 0.15) is 10.8 Å². The monoisotopic (exact) mass is 206 g/mol. The van der Waals surface area contributed by atoms with Gasteiger partial charge in [0.2, 0.25) is 0 Å².